The minimum Gasteiger partial charge on any atom is -0.378 e. The third-order valence-electron chi connectivity index (χ3n) is 3.90. The standard InChI is InChI=1S/C17H16N4O/c1-3-14(21-7-9-22-10-8-21)4-2-13(1)15-11-16-17(12-20-15)19-6-5-18-16/h1-6,11-12H,7-10H2. The lowest BCUT2D eigenvalue weighted by Gasteiger charge is -2.28. The maximum Gasteiger partial charge on any atom is 0.107 e. The van der Waals surface area contributed by atoms with Gasteiger partial charge in [-0.1, -0.05) is 12.1 Å². The molecule has 0 bridgehead atoms. The number of benzene rings is 1. The Morgan fingerprint density at radius 3 is 2.36 bits per heavy atom. The second-order valence-corrected chi connectivity index (χ2v) is 5.26. The summed E-state index contributed by atoms with van der Waals surface area (Å²) in [5, 5.41) is 0. The number of rotatable bonds is 2. The number of morpholine rings is 1. The topological polar surface area (TPSA) is 51.1 Å². The van der Waals surface area contributed by atoms with E-state index in [-0.39, 0.29) is 0 Å². The molecule has 22 heavy (non-hydrogen) atoms. The van der Waals surface area contributed by atoms with Gasteiger partial charge in [-0.25, -0.2) is 0 Å². The smallest absolute Gasteiger partial charge is 0.107 e. The molecule has 110 valence electrons. The van der Waals surface area contributed by atoms with Crippen molar-refractivity contribution in [1.82, 2.24) is 15.0 Å². The zero-order valence-electron chi connectivity index (χ0n) is 12.1. The van der Waals surface area contributed by atoms with Crippen LogP contribution < -0.4 is 4.90 Å². The molecule has 4 rings (SSSR count). The lowest BCUT2D eigenvalue weighted by Crippen LogP contribution is -2.36. The Hall–Kier alpha value is -2.53. The molecule has 1 aromatic carbocycles. The maximum absolute atomic E-state index is 5.39. The zero-order chi connectivity index (χ0) is 14.8. The largest absolute Gasteiger partial charge is 0.378 e. The summed E-state index contributed by atoms with van der Waals surface area (Å²) in [6.07, 6.45) is 5.15. The predicted molar refractivity (Wildman–Crippen MR) is 85.8 cm³/mol. The first-order chi connectivity index (χ1) is 10.9. The fraction of sp³-hybridized carbons (Fsp3) is 0.235. The third kappa shape index (κ3) is 2.51. The summed E-state index contributed by atoms with van der Waals surface area (Å²) >= 11 is 0. The summed E-state index contributed by atoms with van der Waals surface area (Å²) in [7, 11) is 0. The van der Waals surface area contributed by atoms with Gasteiger partial charge in [0.05, 0.1) is 30.6 Å². The molecule has 0 N–H and O–H groups in total. The second-order valence-electron chi connectivity index (χ2n) is 5.26. The molecule has 0 radical (unpaired) electrons. The highest BCUT2D eigenvalue weighted by molar-refractivity contribution is 5.78. The van der Waals surface area contributed by atoms with Crippen molar-refractivity contribution in [2.45, 2.75) is 0 Å². The average molecular weight is 292 g/mol. The lowest BCUT2D eigenvalue weighted by molar-refractivity contribution is 0.122. The zero-order valence-corrected chi connectivity index (χ0v) is 12.1. The molecule has 1 aliphatic rings. The van der Waals surface area contributed by atoms with Crippen LogP contribution in [-0.2, 0) is 4.74 Å². The molecule has 0 unspecified atom stereocenters. The van der Waals surface area contributed by atoms with Gasteiger partial charge in [-0.2, -0.15) is 0 Å². The molecule has 3 aromatic rings. The molecule has 0 aliphatic carbocycles. The van der Waals surface area contributed by atoms with Crippen LogP contribution in [0.15, 0.2) is 48.9 Å². The van der Waals surface area contributed by atoms with Gasteiger partial charge in [0.25, 0.3) is 0 Å². The number of hydrogen-bond acceptors (Lipinski definition) is 5. The van der Waals surface area contributed by atoms with Crippen molar-refractivity contribution in [3.63, 3.8) is 0 Å². The van der Waals surface area contributed by atoms with E-state index >= 15 is 0 Å². The Labute approximate surface area is 128 Å². The van der Waals surface area contributed by atoms with E-state index in [1.54, 1.807) is 18.6 Å². The van der Waals surface area contributed by atoms with Gasteiger partial charge in [-0.3, -0.25) is 15.0 Å². The van der Waals surface area contributed by atoms with E-state index in [1.165, 1.54) is 5.69 Å². The number of fused-ring (bicyclic) bond motifs is 1. The summed E-state index contributed by atoms with van der Waals surface area (Å²) in [5.41, 5.74) is 4.92. The van der Waals surface area contributed by atoms with E-state index < -0.39 is 0 Å². The van der Waals surface area contributed by atoms with E-state index in [1.807, 2.05) is 6.07 Å². The van der Waals surface area contributed by atoms with Gasteiger partial charge in [-0.05, 0) is 18.2 Å². The number of ether oxygens (including phenoxy) is 1. The molecule has 0 amide bonds. The van der Waals surface area contributed by atoms with Gasteiger partial charge in [0.15, 0.2) is 0 Å². The fourth-order valence-electron chi connectivity index (χ4n) is 2.69. The highest BCUT2D eigenvalue weighted by Crippen LogP contribution is 2.23. The summed E-state index contributed by atoms with van der Waals surface area (Å²) in [6, 6.07) is 10.5. The number of aromatic nitrogens is 3. The van der Waals surface area contributed by atoms with Crippen LogP contribution >= 0.6 is 0 Å². The summed E-state index contributed by atoms with van der Waals surface area (Å²) in [5.74, 6) is 0. The summed E-state index contributed by atoms with van der Waals surface area (Å²) in [4.78, 5) is 15.4. The van der Waals surface area contributed by atoms with Gasteiger partial charge in [0.1, 0.15) is 5.52 Å². The maximum atomic E-state index is 5.39. The molecule has 5 heteroatoms. The SMILES string of the molecule is c1cnc2cc(-c3ccc(N4CCOCC4)cc3)ncc2n1. The van der Waals surface area contributed by atoms with Crippen molar-refractivity contribution >= 4 is 16.7 Å². The molecule has 1 fully saturated rings. The molecule has 5 nitrogen and oxygen atoms in total. The molecular weight excluding hydrogens is 276 g/mol. The predicted octanol–water partition coefficient (Wildman–Crippen LogP) is 2.53. The quantitative estimate of drug-likeness (QED) is 0.726. The lowest BCUT2D eigenvalue weighted by atomic mass is 10.1. The highest BCUT2D eigenvalue weighted by Gasteiger charge is 2.11. The van der Waals surface area contributed by atoms with E-state index in [2.05, 4.69) is 44.1 Å². The molecule has 2 aromatic heterocycles. The first-order valence-electron chi connectivity index (χ1n) is 7.40. The second kappa shape index (κ2) is 5.69. The molecule has 0 atom stereocenters. The van der Waals surface area contributed by atoms with Gasteiger partial charge < -0.3 is 9.64 Å². The van der Waals surface area contributed by atoms with Crippen LogP contribution in [0.25, 0.3) is 22.3 Å². The number of nitrogens with zero attached hydrogens (tertiary/aromatic N) is 4. The number of pyridine rings is 1. The summed E-state index contributed by atoms with van der Waals surface area (Å²) in [6.45, 7) is 3.49. The van der Waals surface area contributed by atoms with Crippen LogP contribution in [0.2, 0.25) is 0 Å². The minimum absolute atomic E-state index is 0.798. The number of hydrogen-bond donors (Lipinski definition) is 0. The van der Waals surface area contributed by atoms with Crippen LogP contribution in [0.4, 0.5) is 5.69 Å². The average Bonchev–Trinajstić information content (AvgIpc) is 2.62. The van der Waals surface area contributed by atoms with E-state index in [0.29, 0.717) is 0 Å². The first-order valence-corrected chi connectivity index (χ1v) is 7.40. The van der Waals surface area contributed by atoms with Crippen molar-refractivity contribution in [1.29, 1.82) is 0 Å². The molecular formula is C17H16N4O. The normalized spacial score (nSPS) is 15.2. The van der Waals surface area contributed by atoms with E-state index in [0.717, 1.165) is 48.6 Å². The Bertz CT molecular complexity index is 782. The van der Waals surface area contributed by atoms with Crippen LogP contribution in [0, 0.1) is 0 Å². The fourth-order valence-corrected chi connectivity index (χ4v) is 2.69. The molecule has 1 saturated heterocycles. The summed E-state index contributed by atoms with van der Waals surface area (Å²) < 4.78 is 5.39. The molecule has 3 heterocycles. The molecule has 1 aliphatic heterocycles. The first kappa shape index (κ1) is 13.2. The van der Waals surface area contributed by atoms with Gasteiger partial charge in [-0.15, -0.1) is 0 Å². The van der Waals surface area contributed by atoms with Gasteiger partial charge in [0.2, 0.25) is 0 Å². The van der Waals surface area contributed by atoms with Crippen molar-refractivity contribution in [3.05, 3.63) is 48.9 Å². The molecule has 0 spiro atoms. The Morgan fingerprint density at radius 2 is 1.59 bits per heavy atom. The van der Waals surface area contributed by atoms with Crippen molar-refractivity contribution in [3.8, 4) is 11.3 Å². The molecule has 0 saturated carbocycles. The van der Waals surface area contributed by atoms with Crippen LogP contribution in [0.3, 0.4) is 0 Å². The third-order valence-corrected chi connectivity index (χ3v) is 3.90. The minimum atomic E-state index is 0.798. The van der Waals surface area contributed by atoms with Crippen molar-refractivity contribution in [2.24, 2.45) is 0 Å². The Balaban J connectivity index is 1.63. The van der Waals surface area contributed by atoms with Gasteiger partial charge in [0, 0.05) is 36.7 Å². The van der Waals surface area contributed by atoms with Gasteiger partial charge >= 0.3 is 0 Å². The van der Waals surface area contributed by atoms with Crippen molar-refractivity contribution in [2.75, 3.05) is 31.2 Å². The monoisotopic (exact) mass is 292 g/mol. The Kier molecular flexibility index (Phi) is 3.40. The van der Waals surface area contributed by atoms with E-state index in [9.17, 15) is 0 Å². The van der Waals surface area contributed by atoms with Crippen LogP contribution in [0.5, 0.6) is 0 Å². The highest BCUT2D eigenvalue weighted by atomic mass is 16.5. The van der Waals surface area contributed by atoms with E-state index in [4.69, 9.17) is 4.74 Å². The van der Waals surface area contributed by atoms with Crippen LogP contribution in [-0.4, -0.2) is 41.3 Å². The number of anilines is 1. The van der Waals surface area contributed by atoms with Crippen molar-refractivity contribution < 1.29 is 4.74 Å². The van der Waals surface area contributed by atoms with Crippen LogP contribution in [0.1, 0.15) is 0 Å². The Morgan fingerprint density at radius 1 is 0.864 bits per heavy atom.